The summed E-state index contributed by atoms with van der Waals surface area (Å²) in [6.07, 6.45) is 9.38. The molecular formula is C21H31N3O. The first kappa shape index (κ1) is 18.0. The lowest BCUT2D eigenvalue weighted by atomic mass is 9.97. The Morgan fingerprint density at radius 3 is 2.52 bits per heavy atom. The van der Waals surface area contributed by atoms with E-state index in [1.807, 2.05) is 11.0 Å². The zero-order chi connectivity index (χ0) is 17.3. The predicted octanol–water partition coefficient (Wildman–Crippen LogP) is 3.21. The number of rotatable bonds is 7. The fourth-order valence-corrected chi connectivity index (χ4v) is 3.71. The molecule has 136 valence electrons. The molecule has 1 saturated heterocycles. The topological polar surface area (TPSA) is 35.6 Å². The SMILES string of the molecule is O=C(CCNCCC1=CCCCC1)N1CCN(c2ccccc2)CC1. The molecule has 1 heterocycles. The van der Waals surface area contributed by atoms with Crippen LogP contribution in [0, 0.1) is 0 Å². The number of benzene rings is 1. The summed E-state index contributed by atoms with van der Waals surface area (Å²) < 4.78 is 0. The van der Waals surface area contributed by atoms with Crippen LogP contribution in [0.15, 0.2) is 42.0 Å². The van der Waals surface area contributed by atoms with E-state index in [-0.39, 0.29) is 5.91 Å². The molecule has 1 aromatic rings. The number of amides is 1. The second-order valence-corrected chi connectivity index (χ2v) is 7.06. The number of nitrogens with one attached hydrogen (secondary N) is 1. The maximum atomic E-state index is 12.4. The minimum absolute atomic E-state index is 0.289. The Kier molecular flexibility index (Phi) is 6.92. The minimum atomic E-state index is 0.289. The molecule has 0 radical (unpaired) electrons. The quantitative estimate of drug-likeness (QED) is 0.611. The molecule has 0 unspecified atom stereocenters. The molecule has 3 rings (SSSR count). The molecule has 25 heavy (non-hydrogen) atoms. The largest absolute Gasteiger partial charge is 0.368 e. The van der Waals surface area contributed by atoms with Crippen molar-refractivity contribution >= 4 is 11.6 Å². The van der Waals surface area contributed by atoms with Crippen LogP contribution >= 0.6 is 0 Å². The highest BCUT2D eigenvalue weighted by Gasteiger charge is 2.20. The van der Waals surface area contributed by atoms with Crippen LogP contribution in [-0.2, 0) is 4.79 Å². The summed E-state index contributed by atoms with van der Waals surface area (Å²) in [6, 6.07) is 10.5. The first-order valence-corrected chi connectivity index (χ1v) is 9.79. The van der Waals surface area contributed by atoms with Crippen LogP contribution in [0.25, 0.3) is 0 Å². The molecule has 1 fully saturated rings. The monoisotopic (exact) mass is 341 g/mol. The molecule has 4 heteroatoms. The summed E-state index contributed by atoms with van der Waals surface area (Å²) in [5, 5.41) is 3.44. The number of para-hydroxylation sites is 1. The molecule has 1 aliphatic heterocycles. The van der Waals surface area contributed by atoms with E-state index in [4.69, 9.17) is 0 Å². The fraction of sp³-hybridized carbons (Fsp3) is 0.571. The molecule has 0 saturated carbocycles. The second-order valence-electron chi connectivity index (χ2n) is 7.06. The molecule has 1 amide bonds. The van der Waals surface area contributed by atoms with Crippen LogP contribution in [0.1, 0.15) is 38.5 Å². The van der Waals surface area contributed by atoms with Gasteiger partial charge in [0.05, 0.1) is 0 Å². The van der Waals surface area contributed by atoms with E-state index < -0.39 is 0 Å². The van der Waals surface area contributed by atoms with Crippen molar-refractivity contribution in [2.24, 2.45) is 0 Å². The summed E-state index contributed by atoms with van der Waals surface area (Å²) in [7, 11) is 0. The number of carbonyl (C=O) groups is 1. The average molecular weight is 341 g/mol. The molecule has 1 aliphatic carbocycles. The lowest BCUT2D eigenvalue weighted by Gasteiger charge is -2.36. The maximum absolute atomic E-state index is 12.4. The van der Waals surface area contributed by atoms with Gasteiger partial charge in [0, 0.05) is 44.8 Å². The van der Waals surface area contributed by atoms with Gasteiger partial charge in [-0.1, -0.05) is 29.8 Å². The predicted molar refractivity (Wildman–Crippen MR) is 104 cm³/mol. The first-order valence-electron chi connectivity index (χ1n) is 9.79. The van der Waals surface area contributed by atoms with Gasteiger partial charge in [-0.2, -0.15) is 0 Å². The van der Waals surface area contributed by atoms with Crippen molar-refractivity contribution in [2.45, 2.75) is 38.5 Å². The van der Waals surface area contributed by atoms with E-state index in [0.29, 0.717) is 6.42 Å². The molecule has 1 aromatic carbocycles. The number of hydrogen-bond acceptors (Lipinski definition) is 3. The van der Waals surface area contributed by atoms with Crippen molar-refractivity contribution in [3.05, 3.63) is 42.0 Å². The van der Waals surface area contributed by atoms with E-state index in [0.717, 1.165) is 45.7 Å². The molecular weight excluding hydrogens is 310 g/mol. The van der Waals surface area contributed by atoms with Gasteiger partial charge in [0.1, 0.15) is 0 Å². The van der Waals surface area contributed by atoms with Gasteiger partial charge in [-0.25, -0.2) is 0 Å². The van der Waals surface area contributed by atoms with Gasteiger partial charge in [-0.3, -0.25) is 4.79 Å². The van der Waals surface area contributed by atoms with Crippen LogP contribution in [-0.4, -0.2) is 50.1 Å². The van der Waals surface area contributed by atoms with Crippen molar-refractivity contribution in [3.63, 3.8) is 0 Å². The Morgan fingerprint density at radius 1 is 1.00 bits per heavy atom. The number of hydrogen-bond donors (Lipinski definition) is 1. The van der Waals surface area contributed by atoms with Gasteiger partial charge in [0.2, 0.25) is 5.91 Å². The van der Waals surface area contributed by atoms with Gasteiger partial charge in [-0.05, 0) is 50.8 Å². The van der Waals surface area contributed by atoms with E-state index in [1.54, 1.807) is 5.57 Å². The summed E-state index contributed by atoms with van der Waals surface area (Å²) in [5.74, 6) is 0.289. The van der Waals surface area contributed by atoms with Crippen LogP contribution in [0.4, 0.5) is 5.69 Å². The molecule has 0 bridgehead atoms. The lowest BCUT2D eigenvalue weighted by Crippen LogP contribution is -2.49. The lowest BCUT2D eigenvalue weighted by molar-refractivity contribution is -0.131. The van der Waals surface area contributed by atoms with Crippen LogP contribution in [0.2, 0.25) is 0 Å². The molecule has 0 spiro atoms. The van der Waals surface area contributed by atoms with Gasteiger partial charge in [0.15, 0.2) is 0 Å². The molecule has 1 N–H and O–H groups in total. The van der Waals surface area contributed by atoms with Crippen LogP contribution < -0.4 is 10.2 Å². The molecule has 0 aromatic heterocycles. The van der Waals surface area contributed by atoms with E-state index >= 15 is 0 Å². The summed E-state index contributed by atoms with van der Waals surface area (Å²) in [4.78, 5) is 16.7. The average Bonchev–Trinajstić information content (AvgIpc) is 2.69. The highest BCUT2D eigenvalue weighted by atomic mass is 16.2. The number of allylic oxidation sites excluding steroid dienone is 1. The highest BCUT2D eigenvalue weighted by Crippen LogP contribution is 2.19. The Bertz CT molecular complexity index is 562. The van der Waals surface area contributed by atoms with E-state index in [1.165, 1.54) is 31.4 Å². The van der Waals surface area contributed by atoms with Crippen molar-refractivity contribution in [2.75, 3.05) is 44.2 Å². The highest BCUT2D eigenvalue weighted by molar-refractivity contribution is 5.76. The number of carbonyl (C=O) groups excluding carboxylic acids is 1. The molecule has 0 atom stereocenters. The minimum Gasteiger partial charge on any atom is -0.368 e. The van der Waals surface area contributed by atoms with Crippen LogP contribution in [0.3, 0.4) is 0 Å². The third kappa shape index (κ3) is 5.60. The smallest absolute Gasteiger partial charge is 0.223 e. The Hall–Kier alpha value is -1.81. The molecule has 4 nitrogen and oxygen atoms in total. The zero-order valence-electron chi connectivity index (χ0n) is 15.3. The van der Waals surface area contributed by atoms with Crippen molar-refractivity contribution in [1.82, 2.24) is 10.2 Å². The Morgan fingerprint density at radius 2 is 1.80 bits per heavy atom. The Balaban J connectivity index is 1.29. The Labute approximate surface area is 151 Å². The molecule has 2 aliphatic rings. The van der Waals surface area contributed by atoms with Crippen molar-refractivity contribution < 1.29 is 4.79 Å². The van der Waals surface area contributed by atoms with E-state index in [9.17, 15) is 4.79 Å². The summed E-state index contributed by atoms with van der Waals surface area (Å²) in [6.45, 7) is 5.32. The summed E-state index contributed by atoms with van der Waals surface area (Å²) >= 11 is 0. The van der Waals surface area contributed by atoms with Crippen LogP contribution in [0.5, 0.6) is 0 Å². The van der Waals surface area contributed by atoms with Gasteiger partial charge < -0.3 is 15.1 Å². The third-order valence-corrected chi connectivity index (χ3v) is 5.28. The van der Waals surface area contributed by atoms with Gasteiger partial charge in [-0.15, -0.1) is 0 Å². The number of anilines is 1. The first-order chi connectivity index (χ1) is 12.3. The van der Waals surface area contributed by atoms with E-state index in [2.05, 4.69) is 40.6 Å². The van der Waals surface area contributed by atoms with Crippen molar-refractivity contribution in [1.29, 1.82) is 0 Å². The number of piperazine rings is 1. The number of nitrogens with zero attached hydrogens (tertiary/aromatic N) is 2. The maximum Gasteiger partial charge on any atom is 0.223 e. The standard InChI is InChI=1S/C21H31N3O/c25-21(12-14-22-13-11-19-7-3-1-4-8-19)24-17-15-23(16-18-24)20-9-5-2-6-10-20/h2,5-7,9-10,22H,1,3-4,8,11-18H2. The summed E-state index contributed by atoms with van der Waals surface area (Å²) in [5.41, 5.74) is 2.86. The fourth-order valence-electron chi connectivity index (χ4n) is 3.71. The van der Waals surface area contributed by atoms with Crippen molar-refractivity contribution in [3.8, 4) is 0 Å². The van der Waals surface area contributed by atoms with Gasteiger partial charge >= 0.3 is 0 Å². The second kappa shape index (κ2) is 9.62. The zero-order valence-corrected chi connectivity index (χ0v) is 15.3. The van der Waals surface area contributed by atoms with Gasteiger partial charge in [0.25, 0.3) is 0 Å². The third-order valence-electron chi connectivity index (χ3n) is 5.28. The normalized spacial score (nSPS) is 18.2.